The first-order valence-corrected chi connectivity index (χ1v) is 10.7. The van der Waals surface area contributed by atoms with Crippen molar-refractivity contribution in [3.05, 3.63) is 11.8 Å². The van der Waals surface area contributed by atoms with Crippen molar-refractivity contribution < 1.29 is 26.5 Å². The van der Waals surface area contributed by atoms with Crippen molar-refractivity contribution in [1.82, 2.24) is 25.1 Å². The van der Waals surface area contributed by atoms with Crippen molar-refractivity contribution in [3.63, 3.8) is 0 Å². The fourth-order valence-corrected chi connectivity index (χ4v) is 4.41. The van der Waals surface area contributed by atoms with Crippen LogP contribution < -0.4 is 5.73 Å². The quantitative estimate of drug-likeness (QED) is 0.591. The molecule has 2 bridgehead atoms. The second kappa shape index (κ2) is 7.55. The topological polar surface area (TPSA) is 155 Å². The maximum Gasteiger partial charge on any atom is 0.418 e. The van der Waals surface area contributed by atoms with Gasteiger partial charge in [0.05, 0.1) is 6.04 Å². The average molecular weight is 416 g/mol. The SMILES string of the molecule is NC1CCN(CCc2nnc(C3CCC4CN3C(=O)N4OS(=O)(=O)O)o2)CC1. The summed E-state index contributed by atoms with van der Waals surface area (Å²) >= 11 is 0. The van der Waals surface area contributed by atoms with Gasteiger partial charge >= 0.3 is 16.4 Å². The molecular formula is C15H24N6O6S. The van der Waals surface area contributed by atoms with Crippen LogP contribution in [0.5, 0.6) is 0 Å². The van der Waals surface area contributed by atoms with E-state index in [-0.39, 0.29) is 12.6 Å². The molecular weight excluding hydrogens is 392 g/mol. The number of carbonyl (C=O) groups is 1. The highest BCUT2D eigenvalue weighted by atomic mass is 32.3. The van der Waals surface area contributed by atoms with Crippen LogP contribution in [-0.4, -0.2) is 82.3 Å². The molecule has 1 aromatic heterocycles. The molecule has 12 nitrogen and oxygen atoms in total. The zero-order chi connectivity index (χ0) is 19.9. The van der Waals surface area contributed by atoms with Crippen LogP contribution in [0.25, 0.3) is 0 Å². The van der Waals surface area contributed by atoms with Crippen molar-refractivity contribution in [1.29, 1.82) is 0 Å². The molecule has 3 aliphatic rings. The maximum absolute atomic E-state index is 12.5. The third-order valence-electron chi connectivity index (χ3n) is 5.54. The van der Waals surface area contributed by atoms with Gasteiger partial charge in [-0.3, -0.25) is 4.55 Å². The van der Waals surface area contributed by atoms with E-state index in [9.17, 15) is 13.2 Å². The number of piperidine rings is 2. The van der Waals surface area contributed by atoms with Crippen molar-refractivity contribution in [2.45, 2.75) is 50.2 Å². The van der Waals surface area contributed by atoms with Crippen LogP contribution in [0.1, 0.15) is 43.5 Å². The molecule has 2 atom stereocenters. The monoisotopic (exact) mass is 416 g/mol. The molecule has 156 valence electrons. The van der Waals surface area contributed by atoms with Gasteiger partial charge in [0.1, 0.15) is 6.04 Å². The summed E-state index contributed by atoms with van der Waals surface area (Å²) in [5, 5.41) is 8.88. The summed E-state index contributed by atoms with van der Waals surface area (Å²) in [5.74, 6) is 0.834. The highest BCUT2D eigenvalue weighted by molar-refractivity contribution is 7.80. The molecule has 3 aliphatic heterocycles. The number of nitrogens with zero attached hydrogens (tertiary/aromatic N) is 5. The van der Waals surface area contributed by atoms with Crippen LogP contribution >= 0.6 is 0 Å². The number of rotatable bonds is 6. The van der Waals surface area contributed by atoms with Crippen LogP contribution in [0.4, 0.5) is 4.79 Å². The number of fused-ring (bicyclic) bond motifs is 2. The van der Waals surface area contributed by atoms with Crippen molar-refractivity contribution in [2.75, 3.05) is 26.2 Å². The maximum atomic E-state index is 12.5. The smallest absolute Gasteiger partial charge is 0.418 e. The van der Waals surface area contributed by atoms with Crippen molar-refractivity contribution in [2.24, 2.45) is 5.73 Å². The Morgan fingerprint density at radius 1 is 1.21 bits per heavy atom. The molecule has 0 spiro atoms. The van der Waals surface area contributed by atoms with Gasteiger partial charge in [0.2, 0.25) is 11.8 Å². The summed E-state index contributed by atoms with van der Waals surface area (Å²) in [6, 6.07) is -1.25. The number of carbonyl (C=O) groups excluding carboxylic acids is 1. The zero-order valence-corrected chi connectivity index (χ0v) is 16.1. The molecule has 3 N–H and O–H groups in total. The summed E-state index contributed by atoms with van der Waals surface area (Å²) < 4.78 is 41.0. The van der Waals surface area contributed by atoms with E-state index in [1.165, 1.54) is 4.90 Å². The Bertz CT molecular complexity index is 823. The van der Waals surface area contributed by atoms with E-state index >= 15 is 0 Å². The van der Waals surface area contributed by atoms with E-state index in [2.05, 4.69) is 19.4 Å². The zero-order valence-electron chi connectivity index (χ0n) is 15.3. The fraction of sp³-hybridized carbons (Fsp3) is 0.800. The molecule has 28 heavy (non-hydrogen) atoms. The van der Waals surface area contributed by atoms with Gasteiger partial charge in [-0.25, -0.2) is 4.79 Å². The summed E-state index contributed by atoms with van der Waals surface area (Å²) in [4.78, 5) is 16.2. The Balaban J connectivity index is 1.37. The highest BCUT2D eigenvalue weighted by Gasteiger charge is 2.49. The molecule has 0 saturated carbocycles. The van der Waals surface area contributed by atoms with Crippen LogP contribution in [-0.2, 0) is 21.1 Å². The van der Waals surface area contributed by atoms with E-state index < -0.39 is 28.5 Å². The van der Waals surface area contributed by atoms with Crippen LogP contribution in [0.15, 0.2) is 4.42 Å². The highest BCUT2D eigenvalue weighted by Crippen LogP contribution is 2.38. The molecule has 2 amide bonds. The lowest BCUT2D eigenvalue weighted by Gasteiger charge is -2.29. The van der Waals surface area contributed by atoms with Gasteiger partial charge in [-0.2, -0.15) is 13.5 Å². The minimum atomic E-state index is -4.76. The lowest BCUT2D eigenvalue weighted by atomic mass is 10.0. The van der Waals surface area contributed by atoms with Crippen LogP contribution in [0.2, 0.25) is 0 Å². The lowest BCUT2D eigenvalue weighted by molar-refractivity contribution is -0.0317. The molecule has 0 aromatic carbocycles. The Morgan fingerprint density at radius 3 is 2.68 bits per heavy atom. The van der Waals surface area contributed by atoms with Gasteiger partial charge in [-0.1, -0.05) is 0 Å². The number of hydrogen-bond donors (Lipinski definition) is 2. The predicted molar refractivity (Wildman–Crippen MR) is 94.0 cm³/mol. The van der Waals surface area contributed by atoms with Gasteiger partial charge in [0, 0.05) is 25.6 Å². The predicted octanol–water partition coefficient (Wildman–Crippen LogP) is -0.289. The molecule has 4 heterocycles. The molecule has 13 heteroatoms. The average Bonchev–Trinajstić information content (AvgIpc) is 3.20. The normalized spacial score (nSPS) is 27.0. The van der Waals surface area contributed by atoms with Crippen molar-refractivity contribution >= 4 is 16.4 Å². The molecule has 4 rings (SSSR count). The molecule has 3 fully saturated rings. The minimum absolute atomic E-state index is 0.269. The number of urea groups is 1. The number of likely N-dealkylation sites (tertiary alicyclic amines) is 1. The molecule has 2 unspecified atom stereocenters. The Hall–Kier alpha value is -1.80. The first kappa shape index (κ1) is 19.5. The first-order chi connectivity index (χ1) is 13.3. The molecule has 0 radical (unpaired) electrons. The van der Waals surface area contributed by atoms with Gasteiger partial charge in [0.15, 0.2) is 0 Å². The third kappa shape index (κ3) is 4.12. The Morgan fingerprint density at radius 2 is 1.96 bits per heavy atom. The third-order valence-corrected chi connectivity index (χ3v) is 5.89. The second-order valence-electron chi connectivity index (χ2n) is 7.47. The summed E-state index contributed by atoms with van der Waals surface area (Å²) in [6.07, 6.45) is 3.61. The van der Waals surface area contributed by atoms with Crippen LogP contribution in [0.3, 0.4) is 0 Å². The van der Waals surface area contributed by atoms with E-state index in [0.29, 0.717) is 36.1 Å². The largest absolute Gasteiger partial charge is 0.423 e. The number of aromatic nitrogens is 2. The van der Waals surface area contributed by atoms with Gasteiger partial charge in [0.25, 0.3) is 0 Å². The molecule has 3 saturated heterocycles. The number of amides is 2. The molecule has 0 aliphatic carbocycles. The van der Waals surface area contributed by atoms with Crippen LogP contribution in [0, 0.1) is 0 Å². The number of hydrogen-bond acceptors (Lipinski definition) is 9. The van der Waals surface area contributed by atoms with E-state index in [1.807, 2.05) is 0 Å². The molecule has 1 aromatic rings. The summed E-state index contributed by atoms with van der Waals surface area (Å²) in [7, 11) is -4.76. The Kier molecular flexibility index (Phi) is 5.26. The van der Waals surface area contributed by atoms with Gasteiger partial charge in [-0.05, 0) is 38.8 Å². The minimum Gasteiger partial charge on any atom is -0.423 e. The van der Waals surface area contributed by atoms with E-state index in [1.54, 1.807) is 0 Å². The standard InChI is InChI=1S/C15H24N6O6S/c16-10-3-6-19(7-4-10)8-5-13-17-18-14(26-13)12-2-1-11-9-20(12)15(22)21(11)27-28(23,24)25/h10-12H,1-9,16H2,(H,23,24,25). The van der Waals surface area contributed by atoms with E-state index in [0.717, 1.165) is 32.5 Å². The lowest BCUT2D eigenvalue weighted by Crippen LogP contribution is -2.40. The number of nitrogens with two attached hydrogens (primary N) is 1. The number of hydroxylamine groups is 2. The van der Waals surface area contributed by atoms with Gasteiger partial charge in [-0.15, -0.1) is 14.5 Å². The van der Waals surface area contributed by atoms with Crippen molar-refractivity contribution in [3.8, 4) is 0 Å². The van der Waals surface area contributed by atoms with E-state index in [4.69, 9.17) is 14.7 Å². The first-order valence-electron chi connectivity index (χ1n) is 9.37. The second-order valence-corrected chi connectivity index (χ2v) is 8.48. The summed E-state index contributed by atoms with van der Waals surface area (Å²) in [6.45, 7) is 2.99. The van der Waals surface area contributed by atoms with Gasteiger partial charge < -0.3 is 20.0 Å². The fourth-order valence-electron chi connectivity index (χ4n) is 4.02. The Labute approximate surface area is 162 Å². The summed E-state index contributed by atoms with van der Waals surface area (Å²) in [5.41, 5.74) is 5.92.